The molecule has 0 unspecified atom stereocenters. The maximum atomic E-state index is 11.8. The third kappa shape index (κ3) is 4.73. The molecule has 1 aromatic rings. The third-order valence-electron chi connectivity index (χ3n) is 2.89. The number of unbranched alkanes of at least 4 members (excludes halogenated alkanes) is 1. The molecule has 19 heavy (non-hydrogen) atoms. The van der Waals surface area contributed by atoms with Crippen molar-refractivity contribution in [2.75, 3.05) is 13.7 Å². The Balaban J connectivity index is 2.77. The van der Waals surface area contributed by atoms with Crippen LogP contribution in [0.4, 0.5) is 0 Å². The van der Waals surface area contributed by atoms with E-state index in [-0.39, 0.29) is 18.1 Å². The zero-order chi connectivity index (χ0) is 14.3. The first-order valence-electron chi connectivity index (χ1n) is 6.53. The van der Waals surface area contributed by atoms with Crippen LogP contribution in [-0.4, -0.2) is 25.3 Å². The predicted octanol–water partition coefficient (Wildman–Crippen LogP) is 2.36. The summed E-state index contributed by atoms with van der Waals surface area (Å²) in [5, 5.41) is 2.85. The second-order valence-corrected chi connectivity index (χ2v) is 4.46. The molecule has 0 heterocycles. The van der Waals surface area contributed by atoms with E-state index >= 15 is 0 Å². The van der Waals surface area contributed by atoms with Gasteiger partial charge in [-0.15, -0.1) is 0 Å². The molecule has 104 valence electrons. The Bertz CT molecular complexity index is 455. The van der Waals surface area contributed by atoms with Gasteiger partial charge in [-0.1, -0.05) is 13.3 Å². The van der Waals surface area contributed by atoms with Gasteiger partial charge in [-0.05, 0) is 31.5 Å². The van der Waals surface area contributed by atoms with Gasteiger partial charge in [0.2, 0.25) is 5.91 Å². The van der Waals surface area contributed by atoms with E-state index in [1.807, 2.05) is 0 Å². The van der Waals surface area contributed by atoms with E-state index in [9.17, 15) is 9.59 Å². The molecule has 0 fully saturated rings. The summed E-state index contributed by atoms with van der Waals surface area (Å²) in [7, 11) is 1.56. The topological polar surface area (TPSA) is 55.4 Å². The number of ketones is 1. The molecule has 0 saturated heterocycles. The van der Waals surface area contributed by atoms with Crippen molar-refractivity contribution in [2.45, 2.75) is 33.1 Å². The summed E-state index contributed by atoms with van der Waals surface area (Å²) in [6.45, 7) is 4.27. The van der Waals surface area contributed by atoms with Crippen LogP contribution in [-0.2, 0) is 11.2 Å². The van der Waals surface area contributed by atoms with Gasteiger partial charge in [0.1, 0.15) is 5.75 Å². The Kier molecular flexibility index (Phi) is 6.06. The summed E-state index contributed by atoms with van der Waals surface area (Å²) < 4.78 is 5.22. The molecule has 0 aliphatic rings. The largest absolute Gasteiger partial charge is 0.496 e. The lowest BCUT2D eigenvalue weighted by Crippen LogP contribution is -2.26. The average Bonchev–Trinajstić information content (AvgIpc) is 2.38. The van der Waals surface area contributed by atoms with Gasteiger partial charge in [-0.3, -0.25) is 9.59 Å². The normalized spacial score (nSPS) is 10.1. The molecule has 0 atom stereocenters. The molecule has 1 N–H and O–H groups in total. The minimum absolute atomic E-state index is 0.0182. The Morgan fingerprint density at radius 3 is 2.63 bits per heavy atom. The van der Waals surface area contributed by atoms with Gasteiger partial charge in [0.15, 0.2) is 5.78 Å². The number of hydrogen-bond acceptors (Lipinski definition) is 3. The maximum absolute atomic E-state index is 11.8. The van der Waals surface area contributed by atoms with Crippen LogP contribution in [0.2, 0.25) is 0 Å². The molecule has 4 nitrogen and oxygen atoms in total. The number of amides is 1. The molecule has 1 amide bonds. The predicted molar refractivity (Wildman–Crippen MR) is 74.6 cm³/mol. The van der Waals surface area contributed by atoms with Crippen molar-refractivity contribution in [3.8, 4) is 5.75 Å². The molecule has 0 aliphatic heterocycles. The van der Waals surface area contributed by atoms with E-state index in [4.69, 9.17) is 4.74 Å². The highest BCUT2D eigenvalue weighted by Gasteiger charge is 2.11. The van der Waals surface area contributed by atoms with Crippen LogP contribution in [0.25, 0.3) is 0 Å². The Morgan fingerprint density at radius 2 is 2.05 bits per heavy atom. The quantitative estimate of drug-likeness (QED) is 0.607. The van der Waals surface area contributed by atoms with Crippen molar-refractivity contribution < 1.29 is 14.3 Å². The lowest BCUT2D eigenvalue weighted by atomic mass is 10.0. The van der Waals surface area contributed by atoms with Gasteiger partial charge in [0, 0.05) is 17.7 Å². The van der Waals surface area contributed by atoms with E-state index < -0.39 is 0 Å². The van der Waals surface area contributed by atoms with Crippen LogP contribution in [0.15, 0.2) is 18.2 Å². The highest BCUT2D eigenvalue weighted by Crippen LogP contribution is 2.20. The molecule has 0 aliphatic carbocycles. The van der Waals surface area contributed by atoms with E-state index in [1.165, 1.54) is 6.92 Å². The van der Waals surface area contributed by atoms with Crippen LogP contribution >= 0.6 is 0 Å². The fourth-order valence-corrected chi connectivity index (χ4v) is 1.78. The lowest BCUT2D eigenvalue weighted by molar-refractivity contribution is -0.120. The van der Waals surface area contributed by atoms with E-state index in [1.54, 1.807) is 25.3 Å². The van der Waals surface area contributed by atoms with Crippen molar-refractivity contribution in [2.24, 2.45) is 0 Å². The molecule has 0 aromatic heterocycles. The van der Waals surface area contributed by atoms with Gasteiger partial charge in [0.05, 0.1) is 13.5 Å². The Morgan fingerprint density at radius 1 is 1.32 bits per heavy atom. The highest BCUT2D eigenvalue weighted by atomic mass is 16.5. The second-order valence-electron chi connectivity index (χ2n) is 4.46. The molecular formula is C15H21NO3. The number of Topliss-reactive ketones (excluding diaryl/α,β-unsaturated/α-hetero) is 1. The number of carbonyl (C=O) groups is 2. The molecule has 0 bridgehead atoms. The van der Waals surface area contributed by atoms with E-state index in [0.717, 1.165) is 18.4 Å². The van der Waals surface area contributed by atoms with Crippen molar-refractivity contribution in [1.82, 2.24) is 5.32 Å². The van der Waals surface area contributed by atoms with Gasteiger partial charge in [-0.25, -0.2) is 0 Å². The van der Waals surface area contributed by atoms with Crippen molar-refractivity contribution in [1.29, 1.82) is 0 Å². The van der Waals surface area contributed by atoms with Crippen molar-refractivity contribution >= 4 is 11.7 Å². The SMILES string of the molecule is CCCCNC(=O)Cc1cc(C(C)=O)ccc1OC. The van der Waals surface area contributed by atoms with Gasteiger partial charge in [0.25, 0.3) is 0 Å². The lowest BCUT2D eigenvalue weighted by Gasteiger charge is -2.10. The number of methoxy groups -OCH3 is 1. The van der Waals surface area contributed by atoms with Crippen LogP contribution in [0.3, 0.4) is 0 Å². The summed E-state index contributed by atoms with van der Waals surface area (Å²) in [5.74, 6) is 0.568. The first kappa shape index (κ1) is 15.2. The smallest absolute Gasteiger partial charge is 0.224 e. The minimum atomic E-state index is -0.0487. The molecule has 0 radical (unpaired) electrons. The van der Waals surface area contributed by atoms with E-state index in [2.05, 4.69) is 12.2 Å². The van der Waals surface area contributed by atoms with Crippen LogP contribution in [0, 0.1) is 0 Å². The van der Waals surface area contributed by atoms with Crippen LogP contribution in [0.5, 0.6) is 5.75 Å². The first-order chi connectivity index (χ1) is 9.08. The number of carbonyl (C=O) groups excluding carboxylic acids is 2. The molecule has 0 spiro atoms. The van der Waals surface area contributed by atoms with Gasteiger partial charge < -0.3 is 10.1 Å². The zero-order valence-corrected chi connectivity index (χ0v) is 11.8. The Hall–Kier alpha value is -1.84. The summed E-state index contributed by atoms with van der Waals surface area (Å²) in [5.41, 5.74) is 1.33. The third-order valence-corrected chi connectivity index (χ3v) is 2.89. The summed E-state index contributed by atoms with van der Waals surface area (Å²) in [6.07, 6.45) is 2.24. The molecule has 4 heteroatoms. The number of rotatable bonds is 7. The minimum Gasteiger partial charge on any atom is -0.496 e. The van der Waals surface area contributed by atoms with Crippen molar-refractivity contribution in [3.63, 3.8) is 0 Å². The van der Waals surface area contributed by atoms with Crippen LogP contribution < -0.4 is 10.1 Å². The zero-order valence-electron chi connectivity index (χ0n) is 11.8. The number of hydrogen-bond donors (Lipinski definition) is 1. The molecule has 1 aromatic carbocycles. The number of nitrogens with one attached hydrogen (secondary N) is 1. The fourth-order valence-electron chi connectivity index (χ4n) is 1.78. The van der Waals surface area contributed by atoms with Gasteiger partial charge >= 0.3 is 0 Å². The highest BCUT2D eigenvalue weighted by molar-refractivity contribution is 5.94. The summed E-state index contributed by atoms with van der Waals surface area (Å²) in [4.78, 5) is 23.1. The second kappa shape index (κ2) is 7.56. The van der Waals surface area contributed by atoms with Gasteiger partial charge in [-0.2, -0.15) is 0 Å². The van der Waals surface area contributed by atoms with Crippen LogP contribution in [0.1, 0.15) is 42.6 Å². The number of ether oxygens (including phenoxy) is 1. The molecule has 1 rings (SSSR count). The first-order valence-corrected chi connectivity index (χ1v) is 6.53. The van der Waals surface area contributed by atoms with E-state index in [0.29, 0.717) is 17.9 Å². The monoisotopic (exact) mass is 263 g/mol. The standard InChI is InChI=1S/C15H21NO3/c1-4-5-8-16-15(18)10-13-9-12(11(2)17)6-7-14(13)19-3/h6-7,9H,4-5,8,10H2,1-3H3,(H,16,18). The fraction of sp³-hybridized carbons (Fsp3) is 0.467. The maximum Gasteiger partial charge on any atom is 0.224 e. The Labute approximate surface area is 114 Å². The summed E-state index contributed by atoms with van der Waals surface area (Å²) in [6, 6.07) is 5.16. The van der Waals surface area contributed by atoms with Crippen molar-refractivity contribution in [3.05, 3.63) is 29.3 Å². The molecular weight excluding hydrogens is 242 g/mol. The number of benzene rings is 1. The average molecular weight is 263 g/mol. The summed E-state index contributed by atoms with van der Waals surface area (Å²) >= 11 is 0. The molecule has 0 saturated carbocycles.